The number of allylic oxidation sites excluding steroid dienone is 2. The maximum Gasteiger partial charge on any atom is 0.0214 e. The van der Waals surface area contributed by atoms with Crippen molar-refractivity contribution in [3.05, 3.63) is 18.6 Å². The first kappa shape index (κ1) is 6.22. The van der Waals surface area contributed by atoms with E-state index in [1.165, 1.54) is 0 Å². The summed E-state index contributed by atoms with van der Waals surface area (Å²) in [6.45, 7) is 5.63. The van der Waals surface area contributed by atoms with Crippen LogP contribution in [0.5, 0.6) is 0 Å². The monoisotopic (exact) mass is 147 g/mol. The maximum atomic E-state index is 3.66. The van der Waals surface area contributed by atoms with Gasteiger partial charge in [0.25, 0.3) is 0 Å². The topological polar surface area (TPSA) is 0 Å². The Morgan fingerprint density at radius 3 is 2.50 bits per heavy atom. The Labute approximate surface area is 47.4 Å². The summed E-state index contributed by atoms with van der Waals surface area (Å²) in [5, 5.41) is 0.919. The van der Waals surface area contributed by atoms with Crippen LogP contribution in [0, 0.1) is 6.92 Å². The highest BCUT2D eigenvalue weighted by atomic mass is 79.9. The zero-order valence-corrected chi connectivity index (χ0v) is 5.46. The van der Waals surface area contributed by atoms with Crippen molar-refractivity contribution in [2.75, 3.05) is 5.33 Å². The van der Waals surface area contributed by atoms with Crippen LogP contribution in [0.2, 0.25) is 0 Å². The Kier molecular flexibility index (Phi) is 3.54. The summed E-state index contributed by atoms with van der Waals surface area (Å²) in [4.78, 5) is 0. The third-order valence-corrected chi connectivity index (χ3v) is 0.749. The molecular formula is C5H8Br. The molecule has 0 saturated carbocycles. The average Bonchev–Trinajstić information content (AvgIpc) is 1.35. The summed E-state index contributed by atoms with van der Waals surface area (Å²) in [7, 11) is 0. The largest absolute Gasteiger partial charge is 0.0883 e. The molecule has 0 fully saturated rings. The van der Waals surface area contributed by atoms with E-state index in [2.05, 4.69) is 22.9 Å². The molecule has 0 aromatic heterocycles. The maximum absolute atomic E-state index is 3.66. The minimum absolute atomic E-state index is 0.919. The lowest BCUT2D eigenvalue weighted by Crippen LogP contribution is -1.62. The number of hydrogen-bond donors (Lipinski definition) is 0. The van der Waals surface area contributed by atoms with Gasteiger partial charge in [-0.1, -0.05) is 27.6 Å². The van der Waals surface area contributed by atoms with Crippen molar-refractivity contribution in [1.29, 1.82) is 0 Å². The number of halogens is 1. The van der Waals surface area contributed by atoms with Crippen LogP contribution in [0.3, 0.4) is 0 Å². The Morgan fingerprint density at radius 1 is 2.00 bits per heavy atom. The molecule has 6 heavy (non-hydrogen) atoms. The van der Waals surface area contributed by atoms with Crippen LogP contribution in [0.4, 0.5) is 0 Å². The number of hydrogen-bond acceptors (Lipinski definition) is 0. The lowest BCUT2D eigenvalue weighted by molar-refractivity contribution is 1.50. The quantitative estimate of drug-likeness (QED) is 0.500. The minimum atomic E-state index is 0.919. The summed E-state index contributed by atoms with van der Waals surface area (Å²) in [6.07, 6.45) is 2.01. The molecule has 0 bridgehead atoms. The highest BCUT2D eigenvalue weighted by molar-refractivity contribution is 9.09. The summed E-state index contributed by atoms with van der Waals surface area (Å²) in [5.74, 6) is 0. The smallest absolute Gasteiger partial charge is 0.0214 e. The van der Waals surface area contributed by atoms with Gasteiger partial charge >= 0.3 is 0 Å². The van der Waals surface area contributed by atoms with Gasteiger partial charge in [0.1, 0.15) is 0 Å². The SMILES string of the molecule is [CH2]/C(C)=C/CBr. The zero-order chi connectivity index (χ0) is 4.99. The van der Waals surface area contributed by atoms with Crippen molar-refractivity contribution < 1.29 is 0 Å². The van der Waals surface area contributed by atoms with Crippen LogP contribution in [0.25, 0.3) is 0 Å². The van der Waals surface area contributed by atoms with E-state index in [-0.39, 0.29) is 0 Å². The molecule has 35 valence electrons. The fraction of sp³-hybridized carbons (Fsp3) is 0.400. The van der Waals surface area contributed by atoms with Crippen molar-refractivity contribution in [2.24, 2.45) is 0 Å². The van der Waals surface area contributed by atoms with Crippen LogP contribution >= 0.6 is 15.9 Å². The summed E-state index contributed by atoms with van der Waals surface area (Å²) < 4.78 is 0. The van der Waals surface area contributed by atoms with Gasteiger partial charge in [0, 0.05) is 5.33 Å². The first-order chi connectivity index (χ1) is 2.77. The van der Waals surface area contributed by atoms with Crippen molar-refractivity contribution in [3.8, 4) is 0 Å². The predicted molar refractivity (Wildman–Crippen MR) is 32.9 cm³/mol. The van der Waals surface area contributed by atoms with E-state index in [1.807, 2.05) is 13.0 Å². The van der Waals surface area contributed by atoms with E-state index in [4.69, 9.17) is 0 Å². The molecule has 0 nitrogen and oxygen atoms in total. The van der Waals surface area contributed by atoms with Crippen LogP contribution in [-0.4, -0.2) is 5.33 Å². The molecule has 0 unspecified atom stereocenters. The standard InChI is InChI=1S/C5H8Br/c1-5(2)3-4-6/h3H,1,4H2,2H3/b5-3-. The van der Waals surface area contributed by atoms with Gasteiger partial charge in [0.05, 0.1) is 0 Å². The fourth-order valence-electron chi connectivity index (χ4n) is 0.132. The Bertz CT molecular complexity index is 51.0. The lowest BCUT2D eigenvalue weighted by Gasteiger charge is -1.78. The van der Waals surface area contributed by atoms with Gasteiger partial charge in [-0.25, -0.2) is 0 Å². The highest BCUT2D eigenvalue weighted by Gasteiger charge is 1.68. The summed E-state index contributed by atoms with van der Waals surface area (Å²) >= 11 is 3.23. The fourth-order valence-corrected chi connectivity index (χ4v) is 0.684. The molecule has 0 aromatic rings. The predicted octanol–water partition coefficient (Wildman–Crippen LogP) is 2.16. The molecule has 1 radical (unpaired) electrons. The highest BCUT2D eigenvalue weighted by Crippen LogP contribution is 1.89. The van der Waals surface area contributed by atoms with E-state index in [0.29, 0.717) is 0 Å². The Balaban J connectivity index is 3.14. The van der Waals surface area contributed by atoms with Gasteiger partial charge in [-0.15, -0.1) is 0 Å². The van der Waals surface area contributed by atoms with Crippen LogP contribution < -0.4 is 0 Å². The van der Waals surface area contributed by atoms with E-state index in [0.717, 1.165) is 10.9 Å². The Hall–Kier alpha value is 0.220. The van der Waals surface area contributed by atoms with Crippen LogP contribution in [0.1, 0.15) is 6.92 Å². The van der Waals surface area contributed by atoms with Gasteiger partial charge in [-0.2, -0.15) is 0 Å². The van der Waals surface area contributed by atoms with Gasteiger partial charge in [-0.05, 0) is 13.8 Å². The van der Waals surface area contributed by atoms with Crippen molar-refractivity contribution in [3.63, 3.8) is 0 Å². The molecule has 0 aromatic carbocycles. The summed E-state index contributed by atoms with van der Waals surface area (Å²) in [5.41, 5.74) is 1.12. The van der Waals surface area contributed by atoms with Crippen LogP contribution in [0.15, 0.2) is 11.6 Å². The molecule has 0 N–H and O–H groups in total. The van der Waals surface area contributed by atoms with E-state index in [9.17, 15) is 0 Å². The van der Waals surface area contributed by atoms with Crippen molar-refractivity contribution in [2.45, 2.75) is 6.92 Å². The molecule has 0 spiro atoms. The molecule has 0 saturated heterocycles. The second-order valence-electron chi connectivity index (χ2n) is 1.20. The molecule has 0 amide bonds. The molecule has 0 rings (SSSR count). The lowest BCUT2D eigenvalue weighted by atomic mass is 10.3. The summed E-state index contributed by atoms with van der Waals surface area (Å²) in [6, 6.07) is 0. The molecule has 0 aliphatic heterocycles. The van der Waals surface area contributed by atoms with E-state index in [1.54, 1.807) is 0 Å². The first-order valence-corrected chi connectivity index (χ1v) is 2.94. The molecule has 0 heterocycles. The zero-order valence-electron chi connectivity index (χ0n) is 3.87. The van der Waals surface area contributed by atoms with Crippen molar-refractivity contribution in [1.82, 2.24) is 0 Å². The third-order valence-electron chi connectivity index (χ3n) is 0.426. The Morgan fingerprint density at radius 2 is 2.50 bits per heavy atom. The molecule has 0 aliphatic rings. The molecular weight excluding hydrogens is 140 g/mol. The minimum Gasteiger partial charge on any atom is -0.0883 e. The van der Waals surface area contributed by atoms with E-state index >= 15 is 0 Å². The molecule has 0 aliphatic carbocycles. The second-order valence-corrected chi connectivity index (χ2v) is 1.85. The number of rotatable bonds is 1. The molecule has 0 atom stereocenters. The van der Waals surface area contributed by atoms with Crippen molar-refractivity contribution >= 4 is 15.9 Å². The van der Waals surface area contributed by atoms with Gasteiger partial charge in [0.2, 0.25) is 0 Å². The average molecular weight is 148 g/mol. The van der Waals surface area contributed by atoms with Gasteiger partial charge in [-0.3, -0.25) is 0 Å². The number of alkyl halides is 1. The van der Waals surface area contributed by atoms with E-state index < -0.39 is 0 Å². The third kappa shape index (κ3) is 4.22. The molecule has 1 heteroatoms. The first-order valence-electron chi connectivity index (χ1n) is 1.82. The van der Waals surface area contributed by atoms with Crippen LogP contribution in [-0.2, 0) is 0 Å². The van der Waals surface area contributed by atoms with Gasteiger partial charge < -0.3 is 0 Å². The second kappa shape index (κ2) is 3.41. The normalized spacial score (nSPS) is 12.2. The van der Waals surface area contributed by atoms with Gasteiger partial charge in [0.15, 0.2) is 0 Å².